The van der Waals surface area contributed by atoms with Crippen molar-refractivity contribution >= 4 is 32.6 Å². The highest BCUT2D eigenvalue weighted by atomic mass is 79.9. The van der Waals surface area contributed by atoms with Crippen LogP contribution in [0, 0.1) is 11.7 Å². The molecule has 0 fully saturated rings. The first-order chi connectivity index (χ1) is 12.6. The average molecular weight is 417 g/mol. The lowest BCUT2D eigenvalue weighted by Gasteiger charge is -2.24. The van der Waals surface area contributed by atoms with Crippen LogP contribution in [0.3, 0.4) is 0 Å². The van der Waals surface area contributed by atoms with E-state index in [0.717, 1.165) is 20.9 Å². The molecule has 2 aromatic carbocycles. The van der Waals surface area contributed by atoms with E-state index in [9.17, 15) is 9.18 Å². The number of fused-ring (bicyclic) bond motifs is 2. The van der Waals surface area contributed by atoms with Crippen molar-refractivity contribution in [2.45, 2.75) is 13.0 Å². The Labute approximate surface area is 158 Å². The fourth-order valence-electron chi connectivity index (χ4n) is 3.54. The van der Waals surface area contributed by atoms with Crippen LogP contribution in [0.5, 0.6) is 5.75 Å². The van der Waals surface area contributed by atoms with Gasteiger partial charge in [0.25, 0.3) is 0 Å². The maximum absolute atomic E-state index is 13.5. The minimum Gasteiger partial charge on any atom is -0.493 e. The highest BCUT2D eigenvalue weighted by Gasteiger charge is 2.29. The van der Waals surface area contributed by atoms with Crippen molar-refractivity contribution < 1.29 is 13.9 Å². The van der Waals surface area contributed by atoms with Gasteiger partial charge >= 0.3 is 0 Å². The summed E-state index contributed by atoms with van der Waals surface area (Å²) in [6, 6.07) is 10.3. The van der Waals surface area contributed by atoms with Crippen LogP contribution < -0.4 is 10.5 Å². The van der Waals surface area contributed by atoms with Gasteiger partial charge in [0.05, 0.1) is 12.5 Å². The molecule has 2 N–H and O–H groups in total. The number of ether oxygens (including phenoxy) is 1. The molecule has 3 aromatic rings. The number of aromatic nitrogens is 1. The van der Waals surface area contributed by atoms with E-state index in [-0.39, 0.29) is 17.5 Å². The van der Waals surface area contributed by atoms with Gasteiger partial charge in [-0.1, -0.05) is 22.0 Å². The number of halogens is 2. The highest BCUT2D eigenvalue weighted by molar-refractivity contribution is 9.10. The normalized spacial score (nSPS) is 16.3. The molecule has 1 atom stereocenters. The van der Waals surface area contributed by atoms with Gasteiger partial charge < -0.3 is 15.0 Å². The summed E-state index contributed by atoms with van der Waals surface area (Å²) in [4.78, 5) is 13.2. The number of benzene rings is 2. The predicted molar refractivity (Wildman–Crippen MR) is 102 cm³/mol. The molecule has 0 saturated carbocycles. The Morgan fingerprint density at radius 1 is 1.31 bits per heavy atom. The number of nitrogens with zero attached hydrogens (tertiary/aromatic N) is 1. The molecular formula is C20H18BrFN2O2. The van der Waals surface area contributed by atoms with Crippen molar-refractivity contribution in [3.63, 3.8) is 0 Å². The minimum atomic E-state index is -0.329. The van der Waals surface area contributed by atoms with Crippen LogP contribution >= 0.6 is 15.9 Å². The van der Waals surface area contributed by atoms with Crippen LogP contribution in [0.4, 0.5) is 4.39 Å². The topological polar surface area (TPSA) is 57.2 Å². The van der Waals surface area contributed by atoms with Crippen molar-refractivity contribution in [3.8, 4) is 5.75 Å². The Bertz CT molecular complexity index is 999. The molecule has 0 bridgehead atoms. The first-order valence-corrected chi connectivity index (χ1v) is 9.30. The minimum absolute atomic E-state index is 0.0167. The van der Waals surface area contributed by atoms with Crippen molar-refractivity contribution in [2.75, 3.05) is 13.2 Å². The summed E-state index contributed by atoms with van der Waals surface area (Å²) in [7, 11) is 0. The predicted octanol–water partition coefficient (Wildman–Crippen LogP) is 3.94. The molecule has 4 rings (SSSR count). The third-order valence-electron chi connectivity index (χ3n) is 4.78. The molecule has 1 unspecified atom stereocenters. The first kappa shape index (κ1) is 17.2. The van der Waals surface area contributed by atoms with Crippen LogP contribution in [0.25, 0.3) is 10.9 Å². The van der Waals surface area contributed by atoms with Crippen LogP contribution in [0.2, 0.25) is 0 Å². The molecule has 0 saturated heterocycles. The summed E-state index contributed by atoms with van der Waals surface area (Å²) in [5.41, 5.74) is 8.08. The van der Waals surface area contributed by atoms with Gasteiger partial charge in [-0.2, -0.15) is 0 Å². The van der Waals surface area contributed by atoms with Crippen molar-refractivity contribution in [3.05, 3.63) is 64.0 Å². The molecule has 2 heterocycles. The average Bonchev–Trinajstić information content (AvgIpc) is 2.98. The second-order valence-electron chi connectivity index (χ2n) is 6.51. The van der Waals surface area contributed by atoms with E-state index in [1.54, 1.807) is 6.07 Å². The maximum Gasteiger partial charge on any atom is 0.171 e. The fraction of sp³-hybridized carbons (Fsp3) is 0.250. The second kappa shape index (κ2) is 6.85. The third kappa shape index (κ3) is 3.04. The molecule has 6 heteroatoms. The summed E-state index contributed by atoms with van der Waals surface area (Å²) in [6.45, 7) is 1.43. The van der Waals surface area contributed by atoms with Gasteiger partial charge in [-0.15, -0.1) is 0 Å². The smallest absolute Gasteiger partial charge is 0.171 e. The lowest BCUT2D eigenvalue weighted by atomic mass is 9.89. The number of Topliss-reactive ketones (excluding diaryl/α,β-unsaturated/α-hetero) is 1. The summed E-state index contributed by atoms with van der Waals surface area (Å²) >= 11 is 3.48. The van der Waals surface area contributed by atoms with E-state index < -0.39 is 0 Å². The molecule has 1 aliphatic heterocycles. The number of nitrogens with two attached hydrogens (primary N) is 1. The van der Waals surface area contributed by atoms with Crippen molar-refractivity contribution in [1.29, 1.82) is 0 Å². The SMILES string of the molecule is NCCn1cc(C(=O)C2COc3ccc(F)cc3C2)c2ccc(Br)cc21. The molecule has 1 aliphatic rings. The Balaban J connectivity index is 1.70. The van der Waals surface area contributed by atoms with Gasteiger partial charge in [0.15, 0.2) is 5.78 Å². The van der Waals surface area contributed by atoms with E-state index in [1.165, 1.54) is 12.1 Å². The van der Waals surface area contributed by atoms with Gasteiger partial charge in [-0.25, -0.2) is 4.39 Å². The Kier molecular flexibility index (Phi) is 4.54. The zero-order chi connectivity index (χ0) is 18.3. The third-order valence-corrected chi connectivity index (χ3v) is 5.27. The van der Waals surface area contributed by atoms with Crippen LogP contribution in [0.1, 0.15) is 15.9 Å². The molecule has 1 aromatic heterocycles. The molecular weight excluding hydrogens is 399 g/mol. The van der Waals surface area contributed by atoms with Gasteiger partial charge in [0.1, 0.15) is 11.6 Å². The second-order valence-corrected chi connectivity index (χ2v) is 7.43. The number of rotatable bonds is 4. The van der Waals surface area contributed by atoms with E-state index in [1.807, 2.05) is 29.0 Å². The zero-order valence-corrected chi connectivity index (χ0v) is 15.6. The monoisotopic (exact) mass is 416 g/mol. The number of ketones is 1. The van der Waals surface area contributed by atoms with E-state index in [4.69, 9.17) is 10.5 Å². The van der Waals surface area contributed by atoms with Gasteiger partial charge in [-0.3, -0.25) is 4.79 Å². The van der Waals surface area contributed by atoms with E-state index in [0.29, 0.717) is 37.4 Å². The van der Waals surface area contributed by atoms with Gasteiger partial charge in [-0.05, 0) is 42.3 Å². The highest BCUT2D eigenvalue weighted by Crippen LogP contribution is 2.32. The number of hydrogen-bond donors (Lipinski definition) is 1. The molecule has 26 heavy (non-hydrogen) atoms. The first-order valence-electron chi connectivity index (χ1n) is 8.50. The van der Waals surface area contributed by atoms with Crippen LogP contribution in [-0.4, -0.2) is 23.5 Å². The van der Waals surface area contributed by atoms with Crippen LogP contribution in [0.15, 0.2) is 47.1 Å². The Morgan fingerprint density at radius 3 is 2.96 bits per heavy atom. The molecule has 0 spiro atoms. The standard InChI is InChI=1S/C20H18BrFN2O2/c21-14-1-3-16-17(10-24(6-5-23)18(16)9-14)20(25)13-7-12-8-15(22)2-4-19(12)26-11-13/h1-4,8-10,13H,5-7,11,23H2. The summed E-state index contributed by atoms with van der Waals surface area (Å²) < 4.78 is 22.2. The van der Waals surface area contributed by atoms with Crippen molar-refractivity contribution in [1.82, 2.24) is 4.57 Å². The molecule has 134 valence electrons. The number of hydrogen-bond acceptors (Lipinski definition) is 3. The number of carbonyl (C=O) groups excluding carboxylic acids is 1. The fourth-order valence-corrected chi connectivity index (χ4v) is 3.89. The van der Waals surface area contributed by atoms with E-state index in [2.05, 4.69) is 15.9 Å². The lowest BCUT2D eigenvalue weighted by molar-refractivity contribution is 0.0856. The van der Waals surface area contributed by atoms with Gasteiger partial charge in [0, 0.05) is 40.2 Å². The maximum atomic E-state index is 13.5. The molecule has 4 nitrogen and oxygen atoms in total. The number of carbonyl (C=O) groups is 1. The summed E-state index contributed by atoms with van der Waals surface area (Å²) in [6.07, 6.45) is 2.35. The Morgan fingerprint density at radius 2 is 2.15 bits per heavy atom. The van der Waals surface area contributed by atoms with Crippen molar-refractivity contribution in [2.24, 2.45) is 11.7 Å². The zero-order valence-electron chi connectivity index (χ0n) is 14.0. The lowest BCUT2D eigenvalue weighted by Crippen LogP contribution is -2.28. The van der Waals surface area contributed by atoms with Crippen LogP contribution in [-0.2, 0) is 13.0 Å². The van der Waals surface area contributed by atoms with Gasteiger partial charge in [0.2, 0.25) is 0 Å². The molecule has 0 aliphatic carbocycles. The molecule has 0 radical (unpaired) electrons. The summed E-state index contributed by atoms with van der Waals surface area (Å²) in [5, 5.41) is 0.900. The quantitative estimate of drug-likeness (QED) is 0.655. The largest absolute Gasteiger partial charge is 0.493 e. The summed E-state index contributed by atoms with van der Waals surface area (Å²) in [5.74, 6) is 0.0302. The molecule has 0 amide bonds. The Hall–Kier alpha value is -2.18. The van der Waals surface area contributed by atoms with E-state index >= 15 is 0 Å².